The van der Waals surface area contributed by atoms with Gasteiger partial charge in [-0.1, -0.05) is 12.1 Å². The topological polar surface area (TPSA) is 86.9 Å². The molecule has 3 N–H and O–H groups in total. The summed E-state index contributed by atoms with van der Waals surface area (Å²) in [6, 6.07) is 7.45. The Balaban J connectivity index is 1.84. The lowest BCUT2D eigenvalue weighted by Gasteiger charge is -2.04. The Kier molecular flexibility index (Phi) is 2.30. The van der Waals surface area contributed by atoms with E-state index in [-0.39, 0.29) is 12.0 Å². The minimum atomic E-state index is -3.51. The van der Waals surface area contributed by atoms with Gasteiger partial charge >= 0.3 is 10.2 Å². The van der Waals surface area contributed by atoms with Crippen molar-refractivity contribution in [3.05, 3.63) is 24.3 Å². The van der Waals surface area contributed by atoms with E-state index in [0.29, 0.717) is 0 Å². The van der Waals surface area contributed by atoms with Gasteiger partial charge in [0.05, 0.1) is 11.0 Å². The van der Waals surface area contributed by atoms with Crippen molar-refractivity contribution < 1.29 is 8.42 Å². The fraction of sp³-hybridized carbons (Fsp3) is 0.300. The van der Waals surface area contributed by atoms with Gasteiger partial charge in [-0.3, -0.25) is 0 Å². The Morgan fingerprint density at radius 3 is 2.76 bits per heavy atom. The highest BCUT2D eigenvalue weighted by molar-refractivity contribution is 7.90. The number of nitrogens with one attached hydrogen (secondary N) is 3. The third-order valence-electron chi connectivity index (χ3n) is 2.52. The lowest BCUT2D eigenvalue weighted by atomic mass is 10.3. The lowest BCUT2D eigenvalue weighted by Crippen LogP contribution is -2.32. The molecular formula is C10H12N4O2S. The van der Waals surface area contributed by atoms with E-state index in [1.54, 1.807) is 0 Å². The lowest BCUT2D eigenvalue weighted by molar-refractivity contribution is 0.586. The first-order valence-electron chi connectivity index (χ1n) is 5.37. The summed E-state index contributed by atoms with van der Waals surface area (Å²) in [7, 11) is -3.51. The van der Waals surface area contributed by atoms with Gasteiger partial charge in [-0.2, -0.15) is 13.1 Å². The molecule has 0 bridgehead atoms. The normalized spacial score (nSPS) is 16.2. The minimum absolute atomic E-state index is 0.0804. The van der Waals surface area contributed by atoms with E-state index in [2.05, 4.69) is 19.4 Å². The van der Waals surface area contributed by atoms with E-state index in [9.17, 15) is 8.42 Å². The van der Waals surface area contributed by atoms with Crippen LogP contribution in [0.15, 0.2) is 24.3 Å². The molecule has 0 spiro atoms. The minimum Gasteiger partial charge on any atom is -0.323 e. The van der Waals surface area contributed by atoms with Crippen LogP contribution in [0.1, 0.15) is 12.8 Å². The first-order valence-corrected chi connectivity index (χ1v) is 6.85. The highest BCUT2D eigenvalue weighted by Crippen LogP contribution is 2.20. The number of H-pyrrole nitrogens is 1. The molecule has 0 radical (unpaired) electrons. The van der Waals surface area contributed by atoms with Crippen molar-refractivity contribution in [2.75, 3.05) is 4.72 Å². The van der Waals surface area contributed by atoms with Gasteiger partial charge in [-0.05, 0) is 25.0 Å². The molecule has 7 heteroatoms. The third-order valence-corrected chi connectivity index (χ3v) is 3.63. The number of anilines is 1. The molecule has 1 heterocycles. The molecule has 2 aromatic rings. The van der Waals surface area contributed by atoms with Crippen LogP contribution in [0.25, 0.3) is 11.0 Å². The Labute approximate surface area is 98.6 Å². The number of nitrogens with zero attached hydrogens (tertiary/aromatic N) is 1. The fourth-order valence-electron chi connectivity index (χ4n) is 1.58. The standard InChI is InChI=1S/C10H12N4O2S/c15-17(16,13-7-5-6-7)14-10-11-8-3-1-2-4-9(8)12-10/h1-4,7,13H,5-6H2,(H2,11,12,14). The Bertz CT molecular complexity index is 612. The van der Waals surface area contributed by atoms with Crippen LogP contribution < -0.4 is 9.44 Å². The molecular weight excluding hydrogens is 240 g/mol. The number of benzene rings is 1. The van der Waals surface area contributed by atoms with Crippen LogP contribution in [0.4, 0.5) is 5.95 Å². The van der Waals surface area contributed by atoms with Crippen molar-refractivity contribution in [3.8, 4) is 0 Å². The van der Waals surface area contributed by atoms with E-state index in [4.69, 9.17) is 0 Å². The Morgan fingerprint density at radius 2 is 2.06 bits per heavy atom. The monoisotopic (exact) mass is 252 g/mol. The number of aromatic nitrogens is 2. The Morgan fingerprint density at radius 1 is 1.29 bits per heavy atom. The molecule has 1 aliphatic rings. The van der Waals surface area contributed by atoms with Crippen LogP contribution in [-0.2, 0) is 10.2 Å². The molecule has 6 nitrogen and oxygen atoms in total. The molecule has 1 fully saturated rings. The molecule has 1 aromatic carbocycles. The second kappa shape index (κ2) is 3.71. The predicted molar refractivity (Wildman–Crippen MR) is 64.8 cm³/mol. The number of rotatable bonds is 4. The van der Waals surface area contributed by atoms with Gasteiger partial charge in [-0.25, -0.2) is 9.71 Å². The molecule has 1 aliphatic carbocycles. The molecule has 90 valence electrons. The average molecular weight is 252 g/mol. The van der Waals surface area contributed by atoms with Crippen molar-refractivity contribution in [2.45, 2.75) is 18.9 Å². The van der Waals surface area contributed by atoms with Gasteiger partial charge in [0.2, 0.25) is 5.95 Å². The summed E-state index contributed by atoms with van der Waals surface area (Å²) in [5.41, 5.74) is 1.54. The van der Waals surface area contributed by atoms with Crippen LogP contribution in [0.3, 0.4) is 0 Å². The fourth-order valence-corrected chi connectivity index (χ4v) is 2.66. The van der Waals surface area contributed by atoms with Crippen LogP contribution in [0, 0.1) is 0 Å². The van der Waals surface area contributed by atoms with Crippen LogP contribution in [-0.4, -0.2) is 24.4 Å². The second-order valence-electron chi connectivity index (χ2n) is 4.10. The zero-order valence-corrected chi connectivity index (χ0v) is 9.79. The third kappa shape index (κ3) is 2.40. The molecule has 0 atom stereocenters. The van der Waals surface area contributed by atoms with Crippen LogP contribution in [0.2, 0.25) is 0 Å². The molecule has 1 aromatic heterocycles. The van der Waals surface area contributed by atoms with E-state index in [0.717, 1.165) is 23.9 Å². The smallest absolute Gasteiger partial charge is 0.301 e. The van der Waals surface area contributed by atoms with E-state index >= 15 is 0 Å². The highest BCUT2D eigenvalue weighted by Gasteiger charge is 2.27. The van der Waals surface area contributed by atoms with E-state index in [1.807, 2.05) is 24.3 Å². The van der Waals surface area contributed by atoms with Crippen molar-refractivity contribution in [3.63, 3.8) is 0 Å². The quantitative estimate of drug-likeness (QED) is 0.757. The van der Waals surface area contributed by atoms with E-state index < -0.39 is 10.2 Å². The second-order valence-corrected chi connectivity index (χ2v) is 5.55. The maximum absolute atomic E-state index is 11.6. The number of hydrogen-bond donors (Lipinski definition) is 3. The average Bonchev–Trinajstić information content (AvgIpc) is 2.95. The Hall–Kier alpha value is -1.60. The molecule has 0 unspecified atom stereocenters. The number of aromatic amines is 1. The largest absolute Gasteiger partial charge is 0.323 e. The predicted octanol–water partition coefficient (Wildman–Crippen LogP) is 0.972. The van der Waals surface area contributed by atoms with Gasteiger partial charge in [0.15, 0.2) is 0 Å². The van der Waals surface area contributed by atoms with Crippen molar-refractivity contribution in [1.29, 1.82) is 0 Å². The SMILES string of the molecule is O=S(=O)(Nc1nc2ccccc2[nH]1)NC1CC1. The van der Waals surface area contributed by atoms with Crippen molar-refractivity contribution >= 4 is 27.2 Å². The summed E-state index contributed by atoms with van der Waals surface area (Å²) in [6.45, 7) is 0. The zero-order valence-electron chi connectivity index (χ0n) is 8.97. The van der Waals surface area contributed by atoms with Gasteiger partial charge in [0, 0.05) is 6.04 Å². The van der Waals surface area contributed by atoms with Gasteiger partial charge in [0.1, 0.15) is 0 Å². The van der Waals surface area contributed by atoms with Gasteiger partial charge in [0.25, 0.3) is 0 Å². The summed E-state index contributed by atoms with van der Waals surface area (Å²) in [4.78, 5) is 7.04. The van der Waals surface area contributed by atoms with Gasteiger partial charge < -0.3 is 4.98 Å². The van der Waals surface area contributed by atoms with E-state index in [1.165, 1.54) is 0 Å². The first-order chi connectivity index (χ1) is 8.12. The van der Waals surface area contributed by atoms with Crippen molar-refractivity contribution in [2.24, 2.45) is 0 Å². The van der Waals surface area contributed by atoms with Crippen molar-refractivity contribution in [1.82, 2.24) is 14.7 Å². The summed E-state index contributed by atoms with van der Waals surface area (Å²) in [5.74, 6) is 0.236. The maximum atomic E-state index is 11.6. The maximum Gasteiger partial charge on any atom is 0.301 e. The molecule has 0 saturated heterocycles. The number of imidazole rings is 1. The van der Waals surface area contributed by atoms with Gasteiger partial charge in [-0.15, -0.1) is 0 Å². The number of fused-ring (bicyclic) bond motifs is 1. The zero-order chi connectivity index (χ0) is 11.9. The molecule has 1 saturated carbocycles. The number of para-hydroxylation sites is 2. The molecule has 3 rings (SSSR count). The number of hydrogen-bond acceptors (Lipinski definition) is 3. The molecule has 17 heavy (non-hydrogen) atoms. The summed E-state index contributed by atoms with van der Waals surface area (Å²) < 4.78 is 28.2. The highest BCUT2D eigenvalue weighted by atomic mass is 32.2. The summed E-state index contributed by atoms with van der Waals surface area (Å²) in [6.07, 6.45) is 1.81. The summed E-state index contributed by atoms with van der Waals surface area (Å²) in [5, 5.41) is 0. The molecule has 0 amide bonds. The summed E-state index contributed by atoms with van der Waals surface area (Å²) >= 11 is 0. The first kappa shape index (κ1) is 10.5. The van der Waals surface area contributed by atoms with Crippen LogP contribution >= 0.6 is 0 Å². The molecule has 0 aliphatic heterocycles. The van der Waals surface area contributed by atoms with Crippen LogP contribution in [0.5, 0.6) is 0 Å².